The molecule has 0 aromatic carbocycles. The summed E-state index contributed by atoms with van der Waals surface area (Å²) in [7, 11) is 0. The van der Waals surface area contributed by atoms with E-state index in [9.17, 15) is 9.59 Å². The molecule has 1 atom stereocenters. The topological polar surface area (TPSA) is 75.6 Å². The largest absolute Gasteiger partial charge is 0.477 e. The first-order valence-electron chi connectivity index (χ1n) is 6.70. The fourth-order valence-electron chi connectivity index (χ4n) is 2.28. The minimum atomic E-state index is -0.879. The van der Waals surface area contributed by atoms with E-state index in [1.54, 1.807) is 0 Å². The molecule has 1 unspecified atom stereocenters. The first-order valence-corrected chi connectivity index (χ1v) is 8.59. The maximum absolute atomic E-state index is 11.8. The maximum atomic E-state index is 11.8. The van der Waals surface area contributed by atoms with Gasteiger partial charge in [0.15, 0.2) is 0 Å². The van der Waals surface area contributed by atoms with Gasteiger partial charge in [-0.2, -0.15) is 0 Å². The lowest BCUT2D eigenvalue weighted by Gasteiger charge is -2.26. The Bertz CT molecular complexity index is 576. The number of rotatable bonds is 2. The fourth-order valence-corrected chi connectivity index (χ4v) is 4.65. The highest BCUT2D eigenvalue weighted by molar-refractivity contribution is 14.1. The minimum Gasteiger partial charge on any atom is -0.477 e. The van der Waals surface area contributed by atoms with Crippen molar-refractivity contribution < 1.29 is 19.4 Å². The van der Waals surface area contributed by atoms with Gasteiger partial charge in [0, 0.05) is 14.5 Å². The van der Waals surface area contributed by atoms with E-state index in [1.807, 2.05) is 20.8 Å². The third-order valence-electron chi connectivity index (χ3n) is 3.11. The van der Waals surface area contributed by atoms with Crippen molar-refractivity contribution in [2.75, 3.05) is 0 Å². The van der Waals surface area contributed by atoms with Gasteiger partial charge in [-0.15, -0.1) is 11.3 Å². The van der Waals surface area contributed by atoms with Gasteiger partial charge >= 0.3 is 12.1 Å². The van der Waals surface area contributed by atoms with Crippen LogP contribution in [0, 0.1) is 3.57 Å². The fraction of sp³-hybridized carbons (Fsp3) is 0.571. The average Bonchev–Trinajstić information content (AvgIpc) is 2.64. The van der Waals surface area contributed by atoms with Gasteiger partial charge in [0.1, 0.15) is 10.5 Å². The van der Waals surface area contributed by atoms with Gasteiger partial charge in [-0.05, 0) is 68.2 Å². The molecule has 1 heterocycles. The summed E-state index contributed by atoms with van der Waals surface area (Å²) in [5.41, 5.74) is 0.544. The predicted molar refractivity (Wildman–Crippen MR) is 89.2 cm³/mol. The number of aromatic carboxylic acids is 1. The molecule has 0 spiro atoms. The van der Waals surface area contributed by atoms with Gasteiger partial charge in [0.2, 0.25) is 0 Å². The Kier molecular flexibility index (Phi) is 4.82. The van der Waals surface area contributed by atoms with E-state index in [0.717, 1.165) is 26.9 Å². The van der Waals surface area contributed by atoms with Crippen LogP contribution in [-0.2, 0) is 17.6 Å². The molecular formula is C14H18INO4S. The monoisotopic (exact) mass is 423 g/mol. The van der Waals surface area contributed by atoms with Gasteiger partial charge in [-0.1, -0.05) is 0 Å². The quantitative estimate of drug-likeness (QED) is 0.715. The van der Waals surface area contributed by atoms with E-state index in [2.05, 4.69) is 27.9 Å². The zero-order valence-electron chi connectivity index (χ0n) is 12.2. The van der Waals surface area contributed by atoms with Gasteiger partial charge < -0.3 is 15.2 Å². The second-order valence-corrected chi connectivity index (χ2v) is 8.22. The average molecular weight is 423 g/mol. The Labute approximate surface area is 141 Å². The van der Waals surface area contributed by atoms with Crippen LogP contribution in [0.4, 0.5) is 4.79 Å². The van der Waals surface area contributed by atoms with Crippen molar-refractivity contribution in [3.63, 3.8) is 0 Å². The number of nitrogens with one attached hydrogen (secondary N) is 1. The number of thiophene rings is 1. The second kappa shape index (κ2) is 6.12. The minimum absolute atomic E-state index is 0.00268. The van der Waals surface area contributed by atoms with Crippen LogP contribution in [0.15, 0.2) is 0 Å². The summed E-state index contributed by atoms with van der Waals surface area (Å²) < 4.78 is 6.06. The number of halogens is 1. The van der Waals surface area contributed by atoms with Crippen LogP contribution < -0.4 is 5.32 Å². The highest BCUT2D eigenvalue weighted by Gasteiger charge is 2.28. The van der Waals surface area contributed by atoms with E-state index in [0.29, 0.717) is 11.3 Å². The Morgan fingerprint density at radius 3 is 2.67 bits per heavy atom. The van der Waals surface area contributed by atoms with E-state index in [4.69, 9.17) is 9.84 Å². The molecule has 2 rings (SSSR count). The van der Waals surface area contributed by atoms with Crippen LogP contribution in [0.2, 0.25) is 0 Å². The first-order chi connectivity index (χ1) is 9.67. The molecule has 1 aromatic heterocycles. The molecule has 2 N–H and O–H groups in total. The number of amides is 1. The van der Waals surface area contributed by atoms with Crippen molar-refractivity contribution in [1.29, 1.82) is 0 Å². The van der Waals surface area contributed by atoms with Crippen molar-refractivity contribution in [1.82, 2.24) is 5.32 Å². The number of ether oxygens (including phenoxy) is 1. The Morgan fingerprint density at radius 1 is 1.43 bits per heavy atom. The van der Waals surface area contributed by atoms with Crippen LogP contribution in [0.1, 0.15) is 47.3 Å². The lowest BCUT2D eigenvalue weighted by Crippen LogP contribution is -2.41. The molecule has 7 heteroatoms. The van der Waals surface area contributed by atoms with E-state index in [-0.39, 0.29) is 6.04 Å². The third-order valence-corrected chi connectivity index (χ3v) is 5.95. The number of fused-ring (bicyclic) bond motifs is 1. The van der Waals surface area contributed by atoms with E-state index >= 15 is 0 Å². The maximum Gasteiger partial charge on any atom is 0.407 e. The summed E-state index contributed by atoms with van der Waals surface area (Å²) in [6.07, 6.45) is 1.85. The molecule has 116 valence electrons. The molecule has 0 fully saturated rings. The number of carbonyl (C=O) groups is 2. The van der Waals surface area contributed by atoms with Crippen molar-refractivity contribution in [3.05, 3.63) is 18.9 Å². The highest BCUT2D eigenvalue weighted by atomic mass is 127. The predicted octanol–water partition coefficient (Wildman–Crippen LogP) is 3.43. The lowest BCUT2D eigenvalue weighted by atomic mass is 9.94. The summed E-state index contributed by atoms with van der Waals surface area (Å²) in [6.45, 7) is 5.48. The van der Waals surface area contributed by atoms with Gasteiger partial charge in [-0.3, -0.25) is 0 Å². The zero-order chi connectivity index (χ0) is 15.8. The van der Waals surface area contributed by atoms with Crippen LogP contribution >= 0.6 is 33.9 Å². The molecule has 0 aliphatic heterocycles. The number of aryl methyl sites for hydroxylation is 1. The molecule has 21 heavy (non-hydrogen) atoms. The smallest absolute Gasteiger partial charge is 0.407 e. The Morgan fingerprint density at radius 2 is 2.10 bits per heavy atom. The summed E-state index contributed by atoms with van der Waals surface area (Å²) in [6, 6.07) is -0.00268. The Hall–Kier alpha value is -0.830. The van der Waals surface area contributed by atoms with Crippen LogP contribution in [0.5, 0.6) is 0 Å². The summed E-state index contributed by atoms with van der Waals surface area (Å²) in [5, 5.41) is 12.0. The number of hydrogen-bond acceptors (Lipinski definition) is 4. The summed E-state index contributed by atoms with van der Waals surface area (Å²) in [5.74, 6) is -0.879. The molecule has 0 bridgehead atoms. The number of carbonyl (C=O) groups excluding carboxylic acids is 1. The van der Waals surface area contributed by atoms with Crippen molar-refractivity contribution in [2.24, 2.45) is 0 Å². The molecular weight excluding hydrogens is 405 g/mol. The second-order valence-electron chi connectivity index (χ2n) is 6.04. The molecule has 1 amide bonds. The number of carboxylic acid groups (broad SMARTS) is 1. The number of hydrogen-bond donors (Lipinski definition) is 2. The molecule has 0 radical (unpaired) electrons. The molecule has 1 aromatic rings. The molecule has 1 aliphatic carbocycles. The highest BCUT2D eigenvalue weighted by Crippen LogP contribution is 2.35. The molecule has 0 saturated carbocycles. The SMILES string of the molecule is CC(C)(C)OC(=O)NC1CCc2sc(C(=O)O)c(I)c2C1. The third kappa shape index (κ3) is 4.09. The molecule has 1 aliphatic rings. The van der Waals surface area contributed by atoms with Crippen LogP contribution in [-0.4, -0.2) is 28.8 Å². The van der Waals surface area contributed by atoms with E-state index < -0.39 is 17.7 Å². The molecule has 0 saturated heterocycles. The first kappa shape index (κ1) is 16.5. The van der Waals surface area contributed by atoms with Gasteiger partial charge in [0.05, 0.1) is 0 Å². The van der Waals surface area contributed by atoms with Crippen LogP contribution in [0.25, 0.3) is 0 Å². The van der Waals surface area contributed by atoms with Crippen LogP contribution in [0.3, 0.4) is 0 Å². The Balaban J connectivity index is 2.06. The number of carboxylic acids is 1. The van der Waals surface area contributed by atoms with Crippen molar-refractivity contribution in [3.8, 4) is 0 Å². The van der Waals surface area contributed by atoms with E-state index in [1.165, 1.54) is 11.3 Å². The standard InChI is InChI=1S/C14H18INO4S/c1-14(2,3)20-13(19)16-7-4-5-9-8(6-7)10(15)11(21-9)12(17)18/h7H,4-6H2,1-3H3,(H,16,19)(H,17,18). The zero-order valence-corrected chi connectivity index (χ0v) is 15.1. The van der Waals surface area contributed by atoms with Crippen molar-refractivity contribution >= 4 is 46.0 Å². The summed E-state index contributed by atoms with van der Waals surface area (Å²) >= 11 is 3.44. The number of alkyl carbamates (subject to hydrolysis) is 1. The summed E-state index contributed by atoms with van der Waals surface area (Å²) in [4.78, 5) is 24.5. The lowest BCUT2D eigenvalue weighted by molar-refractivity contribution is 0.0499. The van der Waals surface area contributed by atoms with Gasteiger partial charge in [-0.25, -0.2) is 9.59 Å². The molecule has 5 nitrogen and oxygen atoms in total. The normalized spacial score (nSPS) is 18.0. The van der Waals surface area contributed by atoms with Crippen molar-refractivity contribution in [2.45, 2.75) is 51.7 Å². The van der Waals surface area contributed by atoms with Gasteiger partial charge in [0.25, 0.3) is 0 Å².